The summed E-state index contributed by atoms with van der Waals surface area (Å²) in [5, 5.41) is 80.2. The zero-order chi connectivity index (χ0) is 85.6. The first-order valence-corrected chi connectivity index (χ1v) is 37.1. The molecule has 1 aliphatic rings. The maximum atomic E-state index is 15.5. The molecule has 2 aromatic carbocycles. The molecule has 0 aliphatic carbocycles. The molecular weight excluding hydrogens is 1510 g/mol. The molecule has 0 radical (unpaired) electrons. The number of cyclic esters (lactones) is 1. The summed E-state index contributed by atoms with van der Waals surface area (Å²) in [6.07, 6.45) is -13.8. The third kappa shape index (κ3) is 32.2. The number of ether oxygens (including phenoxy) is 1. The lowest BCUT2D eigenvalue weighted by molar-refractivity contribution is -0.192. The van der Waals surface area contributed by atoms with Crippen LogP contribution in [0, 0.1) is 29.6 Å². The number of rotatable bonds is 26. The maximum absolute atomic E-state index is 15.5. The highest BCUT2D eigenvalue weighted by Gasteiger charge is 2.44. The number of urea groups is 1. The normalized spacial score (nSPS) is 22.5. The van der Waals surface area contributed by atoms with E-state index in [4.69, 9.17) is 31.8 Å². The van der Waals surface area contributed by atoms with Crippen molar-refractivity contribution in [2.75, 3.05) is 39.1 Å². The van der Waals surface area contributed by atoms with E-state index >= 15 is 9.59 Å². The van der Waals surface area contributed by atoms with Gasteiger partial charge in [0.15, 0.2) is 24.2 Å². The maximum Gasteiger partial charge on any atom is 0.490 e. The summed E-state index contributed by atoms with van der Waals surface area (Å²) in [4.78, 5) is 198. The molecule has 0 spiro atoms. The number of carboxylic acid groups (broad SMARTS) is 1. The van der Waals surface area contributed by atoms with Gasteiger partial charge in [0.2, 0.25) is 75.0 Å². The van der Waals surface area contributed by atoms with Gasteiger partial charge in [-0.15, -0.1) is 0 Å². The van der Waals surface area contributed by atoms with Gasteiger partial charge in [-0.25, -0.2) is 27.1 Å². The first-order valence-electron chi connectivity index (χ1n) is 35.7. The fourth-order valence-corrected chi connectivity index (χ4v) is 11.5. The van der Waals surface area contributed by atoms with Gasteiger partial charge in [-0.1, -0.05) is 112 Å². The summed E-state index contributed by atoms with van der Waals surface area (Å²) < 4.78 is 64.2. The molecule has 43 heteroatoms. The Morgan fingerprint density at radius 3 is 1.75 bits per heavy atom. The van der Waals surface area contributed by atoms with Crippen LogP contribution in [0.15, 0.2) is 64.5 Å². The average molecular weight is 1620 g/mol. The minimum absolute atomic E-state index is 0.0653. The molecule has 0 saturated carbocycles. The first-order chi connectivity index (χ1) is 52.0. The largest absolute Gasteiger partial charge is 0.490 e. The van der Waals surface area contributed by atoms with Crippen LogP contribution in [0.2, 0.25) is 0 Å². The Bertz CT molecular complexity index is 3730. The molecule has 1 saturated heterocycles. The number of nitrogens with two attached hydrogens (primary N) is 3. The predicted molar refractivity (Wildman–Crippen MR) is 395 cm³/mol. The SMILES string of the molecule is CC[C@H](C)[C@@H]1NC(=O)[C@@H](CCCN=C(N)NC(=O)Nc2cccc(S(=O)(=O)N(C)C)c2)NC(=O)[C@H](CC(C)C)NC(=O)[C@H]([C@H](O)C(C)C)NC(=O)[C@@H](NC(=O)[C@H](CC(C)C)NC(=O)[C@H](N)CC(C)C)[C@@H](c2ccccc2)OC(=O)[C@H](CO)NC(=O)[C@H]([C@H](O)C(N)=O)NC(=O)CNC(=O)[C@H]([C@H](C)O)NC1=O.O=C(O)C(F)(F)F. The van der Waals surface area contributed by atoms with E-state index in [0.29, 0.717) is 0 Å². The van der Waals surface area contributed by atoms with E-state index in [9.17, 15) is 94.8 Å². The number of aliphatic imine (C=N–C) groups is 1. The number of aliphatic carboxylic acids is 1. The third-order valence-electron chi connectivity index (χ3n) is 16.8. The molecule has 3 rings (SSSR count). The lowest BCUT2D eigenvalue weighted by Gasteiger charge is -2.34. The number of primary amides is 1. The van der Waals surface area contributed by atoms with Crippen LogP contribution in [0.1, 0.15) is 126 Å². The van der Waals surface area contributed by atoms with Crippen molar-refractivity contribution in [3.05, 3.63) is 60.2 Å². The number of benzene rings is 2. The molecule has 1 aliphatic heterocycles. The number of nitrogens with zero attached hydrogens (tertiary/aromatic N) is 2. The average Bonchev–Trinajstić information content (AvgIpc) is 0.820. The highest BCUT2D eigenvalue weighted by molar-refractivity contribution is 7.89. The summed E-state index contributed by atoms with van der Waals surface area (Å²) in [7, 11) is -1.24. The number of nitrogens with one attached hydrogen (secondary N) is 12. The Morgan fingerprint density at radius 1 is 0.679 bits per heavy atom. The number of carbonyl (C=O) groups is 14. The number of hydrogen-bond acceptors (Lipinski definition) is 23. The summed E-state index contributed by atoms with van der Waals surface area (Å²) >= 11 is 0. The van der Waals surface area contributed by atoms with Gasteiger partial charge < -0.3 is 106 Å². The molecular formula is C69H108F3N17O22S. The monoisotopic (exact) mass is 1620 g/mol. The molecule has 628 valence electrons. The van der Waals surface area contributed by atoms with Crippen LogP contribution in [0.5, 0.6) is 0 Å². The second kappa shape index (κ2) is 46.0. The molecule has 15 atom stereocenters. The van der Waals surface area contributed by atoms with Crippen LogP contribution in [0.25, 0.3) is 0 Å². The Kier molecular flexibility index (Phi) is 40.2. The number of hydrogen-bond donors (Lipinski definition) is 20. The number of carboxylic acids is 1. The van der Waals surface area contributed by atoms with Gasteiger partial charge in [0.25, 0.3) is 0 Å². The molecule has 13 amide bonds. The van der Waals surface area contributed by atoms with Gasteiger partial charge in [0.1, 0.15) is 48.3 Å². The summed E-state index contributed by atoms with van der Waals surface area (Å²) in [6.45, 7) is 14.8. The van der Waals surface area contributed by atoms with Crippen molar-refractivity contribution in [1.82, 2.24) is 62.8 Å². The topological polar surface area (TPSA) is 622 Å². The highest BCUT2D eigenvalue weighted by Crippen LogP contribution is 2.26. The Balaban J connectivity index is 0.00000578. The second-order valence-corrected chi connectivity index (χ2v) is 30.4. The molecule has 0 aromatic heterocycles. The van der Waals surface area contributed by atoms with Crippen molar-refractivity contribution in [2.45, 2.75) is 211 Å². The van der Waals surface area contributed by atoms with Gasteiger partial charge in [-0.05, 0) is 92.4 Å². The van der Waals surface area contributed by atoms with Crippen molar-refractivity contribution in [3.63, 3.8) is 0 Å². The second-order valence-electron chi connectivity index (χ2n) is 28.2. The van der Waals surface area contributed by atoms with Crippen LogP contribution in [-0.2, 0) is 77.1 Å². The van der Waals surface area contributed by atoms with Crippen LogP contribution >= 0.6 is 0 Å². The molecule has 112 heavy (non-hydrogen) atoms. The quantitative estimate of drug-likeness (QED) is 0.0187. The number of alkyl halides is 3. The van der Waals surface area contributed by atoms with E-state index in [1.165, 1.54) is 89.5 Å². The standard InChI is InChI=1S/C67H107N17O20S.C2HF3O2/c1-14-36(10)47-61(96)80-48(37(11)86)60(95)72-30-46(87)78-50(53(89)55(69)90)63(98)77-45(31-85)65(100)104-54(38-20-16-15-17-21-38)51(82-59(94)44(28-34(6)7)75-56(91)41(68)26-32(2)3)64(99)81-49(52(88)35(8)9)62(97)76-43(27-33(4)5)58(93)74-42(57(92)79-47)24-19-25-71-66(70)83-67(101)73-39-22-18-23-40(29-39)105(102,103)84(12)13;3-2(4,5)1(6)7/h15-18,20-23,29,32-37,41-45,47-54,85-86,88-89H,14,19,24-28,30-31,68H2,1-13H3,(H2,69,90)(H,72,95)(H,74,93)(H,75,91)(H,76,97)(H,77,98)(H,78,87)(H,79,92)(H,80,96)(H,81,99)(H,82,94)(H4,70,71,73,83,101);(H,6,7)/t36-,37-,41+,42+,43-,44-,45-,47-,48-,49-,50-,51-,52+,53-,54+;/m0./s1. The Hall–Kier alpha value is -10.2. The van der Waals surface area contributed by atoms with E-state index in [1.807, 2.05) is 24.5 Å². The number of guanidine groups is 1. The number of carbonyl (C=O) groups excluding carboxylic acids is 13. The Morgan fingerprint density at radius 2 is 1.22 bits per heavy atom. The van der Waals surface area contributed by atoms with Crippen LogP contribution < -0.4 is 81.0 Å². The fraction of sp³-hybridized carbons (Fsp3) is 0.609. The molecule has 0 bridgehead atoms. The third-order valence-corrected chi connectivity index (χ3v) is 18.6. The number of amides is 13. The zero-order valence-electron chi connectivity index (χ0n) is 64.4. The van der Waals surface area contributed by atoms with Crippen molar-refractivity contribution < 1.29 is 119 Å². The van der Waals surface area contributed by atoms with Crippen LogP contribution in [0.4, 0.5) is 23.7 Å². The predicted octanol–water partition coefficient (Wildman–Crippen LogP) is -3.69. The zero-order valence-corrected chi connectivity index (χ0v) is 65.2. The lowest BCUT2D eigenvalue weighted by Crippen LogP contribution is -2.64. The smallest absolute Gasteiger partial charge is 0.475 e. The van der Waals surface area contributed by atoms with Crippen LogP contribution in [0.3, 0.4) is 0 Å². The minimum atomic E-state index is -5.08. The van der Waals surface area contributed by atoms with Gasteiger partial charge in [-0.2, -0.15) is 13.2 Å². The number of aliphatic hydroxyl groups is 4. The Labute approximate surface area is 645 Å². The van der Waals surface area contributed by atoms with E-state index in [1.54, 1.807) is 34.6 Å². The van der Waals surface area contributed by atoms with E-state index in [0.717, 1.165) is 11.2 Å². The van der Waals surface area contributed by atoms with Crippen molar-refractivity contribution in [1.29, 1.82) is 0 Å². The lowest BCUT2D eigenvalue weighted by atomic mass is 9.95. The van der Waals surface area contributed by atoms with Gasteiger partial charge >= 0.3 is 24.1 Å². The number of anilines is 1. The summed E-state index contributed by atoms with van der Waals surface area (Å²) in [5.41, 5.74) is 17.6. The minimum Gasteiger partial charge on any atom is -0.475 e. The van der Waals surface area contributed by atoms with Gasteiger partial charge in [0, 0.05) is 26.3 Å². The van der Waals surface area contributed by atoms with E-state index in [-0.39, 0.29) is 73.1 Å². The van der Waals surface area contributed by atoms with Crippen molar-refractivity contribution in [3.8, 4) is 0 Å². The van der Waals surface area contributed by atoms with E-state index in [2.05, 4.69) is 58.2 Å². The molecule has 1 fully saturated rings. The first kappa shape index (κ1) is 97.9. The highest BCUT2D eigenvalue weighted by atomic mass is 32.2. The van der Waals surface area contributed by atoms with Gasteiger partial charge in [0.05, 0.1) is 36.3 Å². The van der Waals surface area contributed by atoms with Gasteiger partial charge in [-0.3, -0.25) is 63.0 Å². The number of halogens is 3. The molecule has 2 aromatic rings. The number of esters is 1. The molecule has 23 N–H and O–H groups in total. The molecule has 0 unspecified atom stereocenters. The van der Waals surface area contributed by atoms with Crippen LogP contribution in [-0.4, -0.2) is 246 Å². The molecule has 1 heterocycles. The number of sulfonamides is 1. The number of aliphatic hydroxyl groups excluding tert-OH is 4. The fourth-order valence-electron chi connectivity index (χ4n) is 10.5. The van der Waals surface area contributed by atoms with E-state index < -0.39 is 221 Å². The van der Waals surface area contributed by atoms with Crippen molar-refractivity contribution in [2.24, 2.45) is 51.8 Å². The summed E-state index contributed by atoms with van der Waals surface area (Å²) in [6, 6.07) is -7.08. The summed E-state index contributed by atoms with van der Waals surface area (Å²) in [5.74, 6) is -20.9. The van der Waals surface area contributed by atoms with Crippen molar-refractivity contribution >= 4 is 105 Å². The molecule has 39 nitrogen and oxygen atoms in total.